The Bertz CT molecular complexity index is 859. The molecule has 1 amide bonds. The monoisotopic (exact) mass is 361 g/mol. The van der Waals surface area contributed by atoms with E-state index in [1.54, 1.807) is 23.3 Å². The second kappa shape index (κ2) is 7.25. The number of carbonyl (C=O) groups is 1. The zero-order valence-electron chi connectivity index (χ0n) is 13.8. The summed E-state index contributed by atoms with van der Waals surface area (Å²) in [5.41, 5.74) is 0.495. The highest BCUT2D eigenvalue weighted by Crippen LogP contribution is 2.28. The highest BCUT2D eigenvalue weighted by Gasteiger charge is 2.20. The second-order valence-corrected chi connectivity index (χ2v) is 6.82. The van der Waals surface area contributed by atoms with Gasteiger partial charge in [-0.25, -0.2) is 13.8 Å². The van der Waals surface area contributed by atoms with E-state index in [-0.39, 0.29) is 12.6 Å². The first-order valence-corrected chi connectivity index (χ1v) is 8.57. The van der Waals surface area contributed by atoms with Crippen molar-refractivity contribution in [1.82, 2.24) is 9.88 Å². The number of anilines is 1. The van der Waals surface area contributed by atoms with Crippen molar-refractivity contribution in [2.45, 2.75) is 13.0 Å². The van der Waals surface area contributed by atoms with Gasteiger partial charge < -0.3 is 5.32 Å². The normalized spacial score (nSPS) is 12.5. The molecule has 0 fully saturated rings. The highest BCUT2D eigenvalue weighted by molar-refractivity contribution is 7.18. The van der Waals surface area contributed by atoms with E-state index in [9.17, 15) is 13.6 Å². The number of amides is 1. The van der Waals surface area contributed by atoms with E-state index in [4.69, 9.17) is 0 Å². The van der Waals surface area contributed by atoms with Gasteiger partial charge in [0.2, 0.25) is 5.91 Å². The first-order valence-electron chi connectivity index (χ1n) is 7.75. The Morgan fingerprint density at radius 2 is 1.88 bits per heavy atom. The van der Waals surface area contributed by atoms with Gasteiger partial charge in [0.05, 0.1) is 22.8 Å². The fourth-order valence-electron chi connectivity index (χ4n) is 2.42. The summed E-state index contributed by atoms with van der Waals surface area (Å²) in [5.74, 6) is -2.08. The lowest BCUT2D eigenvalue weighted by molar-refractivity contribution is -0.117. The molecule has 1 heterocycles. The summed E-state index contributed by atoms with van der Waals surface area (Å²) in [6.07, 6.45) is 0. The molecule has 0 radical (unpaired) electrons. The van der Waals surface area contributed by atoms with Crippen molar-refractivity contribution in [3.05, 3.63) is 59.1 Å². The van der Waals surface area contributed by atoms with Gasteiger partial charge in [0.25, 0.3) is 0 Å². The van der Waals surface area contributed by atoms with Crippen molar-refractivity contribution in [3.8, 4) is 0 Å². The first kappa shape index (κ1) is 17.4. The number of para-hydroxylation sites is 2. The second-order valence-electron chi connectivity index (χ2n) is 5.76. The third kappa shape index (κ3) is 3.83. The quantitative estimate of drug-likeness (QED) is 0.741. The number of rotatable bonds is 5. The number of aromatic nitrogens is 1. The number of hydrogen-bond acceptors (Lipinski definition) is 4. The molecule has 0 saturated heterocycles. The van der Waals surface area contributed by atoms with Gasteiger partial charge >= 0.3 is 0 Å². The molecule has 0 aliphatic heterocycles. The van der Waals surface area contributed by atoms with Crippen molar-refractivity contribution in [1.29, 1.82) is 0 Å². The highest BCUT2D eigenvalue weighted by atomic mass is 32.1. The van der Waals surface area contributed by atoms with E-state index in [1.807, 2.05) is 31.2 Å². The molecule has 0 saturated carbocycles. The molecule has 25 heavy (non-hydrogen) atoms. The van der Waals surface area contributed by atoms with Crippen molar-refractivity contribution >= 4 is 33.1 Å². The molecule has 0 unspecified atom stereocenters. The zero-order valence-corrected chi connectivity index (χ0v) is 14.6. The minimum Gasteiger partial charge on any atom is -0.320 e. The van der Waals surface area contributed by atoms with Crippen LogP contribution >= 0.6 is 11.3 Å². The molecule has 0 bridgehead atoms. The number of hydrogen-bond donors (Lipinski definition) is 1. The van der Waals surface area contributed by atoms with Crippen LogP contribution in [0.2, 0.25) is 0 Å². The van der Waals surface area contributed by atoms with Crippen LogP contribution in [0.1, 0.15) is 18.0 Å². The SMILES string of the molecule is C[C@@H](c1nc2ccccc2s1)N(C)CC(=O)Nc1c(F)cccc1F. The van der Waals surface area contributed by atoms with Crippen LogP contribution in [0.25, 0.3) is 10.2 Å². The van der Waals surface area contributed by atoms with Gasteiger partial charge in [-0.15, -0.1) is 11.3 Å². The Morgan fingerprint density at radius 3 is 2.56 bits per heavy atom. The standard InChI is InChI=1S/C18H17F2N3OS/c1-11(18-21-14-8-3-4-9-15(14)25-18)23(2)10-16(24)22-17-12(19)6-5-7-13(17)20/h3-9,11H,10H2,1-2H3,(H,22,24)/t11-/m0/s1. The van der Waals surface area contributed by atoms with Crippen LogP contribution < -0.4 is 5.32 Å². The minimum atomic E-state index is -0.796. The Labute approximate surface area is 148 Å². The Balaban J connectivity index is 1.68. The maximum absolute atomic E-state index is 13.6. The van der Waals surface area contributed by atoms with Gasteiger partial charge in [-0.1, -0.05) is 18.2 Å². The molecule has 3 aromatic rings. The first-order chi connectivity index (χ1) is 12.0. The minimum absolute atomic E-state index is 0.00906. The number of thiazole rings is 1. The van der Waals surface area contributed by atoms with Gasteiger partial charge in [0.15, 0.2) is 0 Å². The van der Waals surface area contributed by atoms with Crippen LogP contribution in [0.4, 0.5) is 14.5 Å². The van der Waals surface area contributed by atoms with E-state index in [0.29, 0.717) is 0 Å². The van der Waals surface area contributed by atoms with Crippen molar-refractivity contribution in [2.24, 2.45) is 0 Å². The summed E-state index contributed by atoms with van der Waals surface area (Å²) >= 11 is 1.57. The zero-order chi connectivity index (χ0) is 18.0. The lowest BCUT2D eigenvalue weighted by Crippen LogP contribution is -2.32. The summed E-state index contributed by atoms with van der Waals surface area (Å²) < 4.78 is 28.3. The third-order valence-corrected chi connectivity index (χ3v) is 5.16. The predicted molar refractivity (Wildman–Crippen MR) is 95.7 cm³/mol. The average molecular weight is 361 g/mol. The summed E-state index contributed by atoms with van der Waals surface area (Å²) in [7, 11) is 1.77. The molecule has 1 N–H and O–H groups in total. The molecule has 0 aliphatic rings. The fourth-order valence-corrected chi connectivity index (χ4v) is 3.50. The number of halogens is 2. The number of nitrogens with zero attached hydrogens (tertiary/aromatic N) is 2. The van der Waals surface area contributed by atoms with Crippen molar-refractivity contribution < 1.29 is 13.6 Å². The van der Waals surface area contributed by atoms with Gasteiger partial charge in [-0.2, -0.15) is 0 Å². The smallest absolute Gasteiger partial charge is 0.238 e. The van der Waals surface area contributed by atoms with E-state index in [1.165, 1.54) is 6.07 Å². The summed E-state index contributed by atoms with van der Waals surface area (Å²) in [4.78, 5) is 18.5. The van der Waals surface area contributed by atoms with Crippen LogP contribution in [-0.4, -0.2) is 29.4 Å². The fraction of sp³-hybridized carbons (Fsp3) is 0.222. The largest absolute Gasteiger partial charge is 0.320 e. The number of benzene rings is 2. The maximum atomic E-state index is 13.6. The lowest BCUT2D eigenvalue weighted by atomic mass is 10.2. The predicted octanol–water partition coefficient (Wildman–Crippen LogP) is 4.21. The Morgan fingerprint density at radius 1 is 1.20 bits per heavy atom. The van der Waals surface area contributed by atoms with Gasteiger partial charge in [-0.05, 0) is 38.2 Å². The van der Waals surface area contributed by atoms with Crippen LogP contribution in [-0.2, 0) is 4.79 Å². The van der Waals surface area contributed by atoms with Crippen molar-refractivity contribution in [3.63, 3.8) is 0 Å². The Kier molecular flexibility index (Phi) is 5.06. The number of nitrogens with one attached hydrogen (secondary N) is 1. The summed E-state index contributed by atoms with van der Waals surface area (Å²) in [6.45, 7) is 1.93. The third-order valence-electron chi connectivity index (χ3n) is 3.95. The lowest BCUT2D eigenvalue weighted by Gasteiger charge is -2.22. The van der Waals surface area contributed by atoms with E-state index < -0.39 is 23.2 Å². The van der Waals surface area contributed by atoms with Crippen LogP contribution in [0, 0.1) is 11.6 Å². The van der Waals surface area contributed by atoms with E-state index >= 15 is 0 Å². The topological polar surface area (TPSA) is 45.2 Å². The molecular formula is C18H17F2N3OS. The average Bonchev–Trinajstić information content (AvgIpc) is 3.01. The molecule has 130 valence electrons. The van der Waals surface area contributed by atoms with E-state index in [2.05, 4.69) is 10.3 Å². The number of likely N-dealkylation sites (N-methyl/N-ethyl adjacent to an activating group) is 1. The molecular weight excluding hydrogens is 344 g/mol. The molecule has 0 aliphatic carbocycles. The van der Waals surface area contributed by atoms with Crippen LogP contribution in [0.5, 0.6) is 0 Å². The van der Waals surface area contributed by atoms with Crippen molar-refractivity contribution in [2.75, 3.05) is 18.9 Å². The maximum Gasteiger partial charge on any atom is 0.238 e. The molecule has 1 aromatic heterocycles. The molecule has 0 spiro atoms. The molecule has 7 heteroatoms. The van der Waals surface area contributed by atoms with E-state index in [0.717, 1.165) is 27.4 Å². The summed E-state index contributed by atoms with van der Waals surface area (Å²) in [6, 6.07) is 11.2. The Hall–Kier alpha value is -2.38. The van der Waals surface area contributed by atoms with Crippen LogP contribution in [0.3, 0.4) is 0 Å². The van der Waals surface area contributed by atoms with Gasteiger partial charge in [0, 0.05) is 0 Å². The molecule has 4 nitrogen and oxygen atoms in total. The number of fused-ring (bicyclic) bond motifs is 1. The van der Waals surface area contributed by atoms with Gasteiger partial charge in [-0.3, -0.25) is 9.69 Å². The summed E-state index contributed by atoms with van der Waals surface area (Å²) in [5, 5.41) is 3.18. The molecule has 1 atom stereocenters. The molecule has 3 rings (SSSR count). The molecule has 2 aromatic carbocycles. The van der Waals surface area contributed by atoms with Crippen LogP contribution in [0.15, 0.2) is 42.5 Å². The van der Waals surface area contributed by atoms with Gasteiger partial charge in [0.1, 0.15) is 22.3 Å². The number of carbonyl (C=O) groups excluding carboxylic acids is 1.